The number of nitrogens with one attached hydrogen (secondary N) is 1. The molecular weight excluding hydrogens is 216 g/mol. The van der Waals surface area contributed by atoms with Gasteiger partial charge in [0.2, 0.25) is 11.2 Å². The molecule has 0 aliphatic heterocycles. The second kappa shape index (κ2) is 6.40. The molecule has 1 rings (SSSR count). The molecule has 0 fully saturated rings. The van der Waals surface area contributed by atoms with Gasteiger partial charge in [-0.25, -0.2) is 0 Å². The lowest BCUT2D eigenvalue weighted by molar-refractivity contribution is 0.379. The predicted molar refractivity (Wildman–Crippen MR) is 59.4 cm³/mol. The third-order valence-corrected chi connectivity index (χ3v) is 2.00. The molecule has 0 saturated carbocycles. The van der Waals surface area contributed by atoms with Crippen molar-refractivity contribution in [2.24, 2.45) is 0 Å². The molecule has 5 nitrogen and oxygen atoms in total. The molecule has 84 valence electrons. The molecular formula is C9H15ClN4O. The van der Waals surface area contributed by atoms with Gasteiger partial charge in [0.15, 0.2) is 0 Å². The number of ether oxygens (including phenoxy) is 1. The Kier molecular flexibility index (Phi) is 5.10. The van der Waals surface area contributed by atoms with Crippen LogP contribution >= 0.6 is 11.6 Å². The van der Waals surface area contributed by atoms with E-state index in [2.05, 4.69) is 27.2 Å². The zero-order chi connectivity index (χ0) is 11.1. The molecule has 0 radical (unpaired) electrons. The molecule has 0 aromatic carbocycles. The summed E-state index contributed by atoms with van der Waals surface area (Å²) in [6.45, 7) is 2.99. The van der Waals surface area contributed by atoms with Crippen LogP contribution in [0.1, 0.15) is 26.2 Å². The first-order chi connectivity index (χ1) is 7.26. The van der Waals surface area contributed by atoms with Crippen LogP contribution in [0.5, 0.6) is 6.01 Å². The summed E-state index contributed by atoms with van der Waals surface area (Å²) in [7, 11) is 1.49. The topological polar surface area (TPSA) is 59.9 Å². The van der Waals surface area contributed by atoms with Gasteiger partial charge in [-0.3, -0.25) is 0 Å². The number of halogens is 1. The highest BCUT2D eigenvalue weighted by Crippen LogP contribution is 2.10. The zero-order valence-electron chi connectivity index (χ0n) is 8.96. The largest absolute Gasteiger partial charge is 0.467 e. The van der Waals surface area contributed by atoms with Crippen molar-refractivity contribution < 1.29 is 4.74 Å². The molecule has 0 atom stereocenters. The number of nitrogens with zero attached hydrogens (tertiary/aromatic N) is 3. The van der Waals surface area contributed by atoms with Gasteiger partial charge in [-0.2, -0.15) is 15.0 Å². The van der Waals surface area contributed by atoms with Crippen molar-refractivity contribution in [1.29, 1.82) is 0 Å². The Hall–Kier alpha value is -1.10. The molecule has 0 amide bonds. The number of hydrogen-bond acceptors (Lipinski definition) is 5. The molecule has 0 unspecified atom stereocenters. The van der Waals surface area contributed by atoms with Crippen molar-refractivity contribution in [2.45, 2.75) is 26.2 Å². The number of aromatic nitrogens is 3. The fraction of sp³-hybridized carbons (Fsp3) is 0.667. The quantitative estimate of drug-likeness (QED) is 0.759. The fourth-order valence-corrected chi connectivity index (χ4v) is 1.23. The van der Waals surface area contributed by atoms with E-state index in [0.29, 0.717) is 5.95 Å². The maximum Gasteiger partial charge on any atom is 0.322 e. The van der Waals surface area contributed by atoms with E-state index in [-0.39, 0.29) is 11.3 Å². The highest BCUT2D eigenvalue weighted by Gasteiger charge is 2.03. The van der Waals surface area contributed by atoms with Crippen molar-refractivity contribution in [3.8, 4) is 6.01 Å². The predicted octanol–water partition coefficient (Wildman–Crippen LogP) is 2.14. The van der Waals surface area contributed by atoms with Gasteiger partial charge in [-0.15, -0.1) is 0 Å². The zero-order valence-corrected chi connectivity index (χ0v) is 9.71. The molecule has 0 bridgehead atoms. The maximum absolute atomic E-state index is 5.69. The van der Waals surface area contributed by atoms with E-state index in [1.165, 1.54) is 20.0 Å². The second-order valence-electron chi connectivity index (χ2n) is 3.05. The van der Waals surface area contributed by atoms with Gasteiger partial charge in [-0.05, 0) is 18.0 Å². The lowest BCUT2D eigenvalue weighted by atomic mass is 10.2. The minimum atomic E-state index is 0.139. The standard InChI is InChI=1S/C9H15ClN4O/c1-3-4-5-6-11-8-12-7(10)13-9(14-8)15-2/h3-6H2,1-2H3,(H,11,12,13,14). The minimum absolute atomic E-state index is 0.139. The molecule has 6 heteroatoms. The van der Waals surface area contributed by atoms with Crippen LogP contribution in [-0.2, 0) is 0 Å². The summed E-state index contributed by atoms with van der Waals surface area (Å²) in [4.78, 5) is 11.7. The van der Waals surface area contributed by atoms with Gasteiger partial charge in [0.25, 0.3) is 0 Å². The fourth-order valence-electron chi connectivity index (χ4n) is 1.08. The third kappa shape index (κ3) is 4.29. The summed E-state index contributed by atoms with van der Waals surface area (Å²) < 4.78 is 4.88. The molecule has 1 aromatic heterocycles. The normalized spacial score (nSPS) is 10.1. The first-order valence-electron chi connectivity index (χ1n) is 4.95. The van der Waals surface area contributed by atoms with Crippen LogP contribution in [-0.4, -0.2) is 28.6 Å². The summed E-state index contributed by atoms with van der Waals surface area (Å²) in [5.74, 6) is 0.461. The lowest BCUT2D eigenvalue weighted by Crippen LogP contribution is -2.07. The first kappa shape index (κ1) is 12.0. The van der Waals surface area contributed by atoms with Crippen molar-refractivity contribution in [2.75, 3.05) is 19.0 Å². The number of anilines is 1. The number of hydrogen-bond donors (Lipinski definition) is 1. The van der Waals surface area contributed by atoms with Gasteiger partial charge in [-0.1, -0.05) is 19.8 Å². The van der Waals surface area contributed by atoms with Crippen LogP contribution in [0.3, 0.4) is 0 Å². The maximum atomic E-state index is 5.69. The van der Waals surface area contributed by atoms with E-state index in [4.69, 9.17) is 16.3 Å². The Morgan fingerprint density at radius 2 is 2.07 bits per heavy atom. The third-order valence-electron chi connectivity index (χ3n) is 1.83. The summed E-state index contributed by atoms with van der Waals surface area (Å²) in [5.41, 5.74) is 0. The average molecular weight is 231 g/mol. The van der Waals surface area contributed by atoms with Crippen LogP contribution in [0.15, 0.2) is 0 Å². The smallest absolute Gasteiger partial charge is 0.322 e. The summed E-state index contributed by atoms with van der Waals surface area (Å²) in [5, 5.41) is 3.21. The van der Waals surface area contributed by atoms with E-state index in [1.54, 1.807) is 0 Å². The van der Waals surface area contributed by atoms with Crippen molar-refractivity contribution in [1.82, 2.24) is 15.0 Å². The SMILES string of the molecule is CCCCCNc1nc(Cl)nc(OC)n1. The van der Waals surface area contributed by atoms with E-state index >= 15 is 0 Å². The Balaban J connectivity index is 2.49. The Morgan fingerprint density at radius 1 is 1.27 bits per heavy atom. The molecule has 0 aliphatic rings. The van der Waals surface area contributed by atoms with Gasteiger partial charge in [0.05, 0.1) is 7.11 Å². The summed E-state index contributed by atoms with van der Waals surface area (Å²) in [6.07, 6.45) is 3.45. The monoisotopic (exact) mass is 230 g/mol. The summed E-state index contributed by atoms with van der Waals surface area (Å²) >= 11 is 5.69. The highest BCUT2D eigenvalue weighted by atomic mass is 35.5. The van der Waals surface area contributed by atoms with Crippen LogP contribution in [0, 0.1) is 0 Å². The number of rotatable bonds is 6. The van der Waals surface area contributed by atoms with E-state index in [0.717, 1.165) is 13.0 Å². The van der Waals surface area contributed by atoms with E-state index in [1.807, 2.05) is 0 Å². The average Bonchev–Trinajstić information content (AvgIpc) is 2.23. The molecule has 1 aromatic rings. The Bertz CT molecular complexity index is 308. The minimum Gasteiger partial charge on any atom is -0.467 e. The molecule has 15 heavy (non-hydrogen) atoms. The Labute approximate surface area is 94.2 Å². The lowest BCUT2D eigenvalue weighted by Gasteiger charge is -2.05. The molecule has 0 aliphatic carbocycles. The Morgan fingerprint density at radius 3 is 2.73 bits per heavy atom. The van der Waals surface area contributed by atoms with E-state index < -0.39 is 0 Å². The van der Waals surface area contributed by atoms with Gasteiger partial charge >= 0.3 is 6.01 Å². The molecule has 0 spiro atoms. The highest BCUT2D eigenvalue weighted by molar-refractivity contribution is 6.28. The number of unbranched alkanes of at least 4 members (excludes halogenated alkanes) is 2. The van der Waals surface area contributed by atoms with Crippen LogP contribution in [0.25, 0.3) is 0 Å². The van der Waals surface area contributed by atoms with E-state index in [9.17, 15) is 0 Å². The first-order valence-corrected chi connectivity index (χ1v) is 5.33. The van der Waals surface area contributed by atoms with Crippen LogP contribution in [0.4, 0.5) is 5.95 Å². The van der Waals surface area contributed by atoms with Crippen molar-refractivity contribution >= 4 is 17.5 Å². The van der Waals surface area contributed by atoms with Gasteiger partial charge < -0.3 is 10.1 Å². The molecule has 0 saturated heterocycles. The molecule has 1 N–H and O–H groups in total. The summed E-state index contributed by atoms with van der Waals surface area (Å²) in [6, 6.07) is 0.230. The van der Waals surface area contributed by atoms with Crippen LogP contribution < -0.4 is 10.1 Å². The molecule has 1 heterocycles. The van der Waals surface area contributed by atoms with Crippen molar-refractivity contribution in [3.05, 3.63) is 5.28 Å². The second-order valence-corrected chi connectivity index (χ2v) is 3.39. The van der Waals surface area contributed by atoms with Crippen molar-refractivity contribution in [3.63, 3.8) is 0 Å². The van der Waals surface area contributed by atoms with Gasteiger partial charge in [0, 0.05) is 6.54 Å². The van der Waals surface area contributed by atoms with Crippen LogP contribution in [0.2, 0.25) is 5.28 Å². The van der Waals surface area contributed by atoms with Gasteiger partial charge in [0.1, 0.15) is 0 Å². The number of methoxy groups -OCH3 is 1.